The van der Waals surface area contributed by atoms with Crippen molar-refractivity contribution in [3.63, 3.8) is 0 Å². The third-order valence-electron chi connectivity index (χ3n) is 3.51. The molecule has 22 heavy (non-hydrogen) atoms. The number of hydrogen-bond acceptors (Lipinski definition) is 3. The van der Waals surface area contributed by atoms with Gasteiger partial charge in [0.25, 0.3) is 0 Å². The molecule has 0 spiro atoms. The van der Waals surface area contributed by atoms with Gasteiger partial charge < -0.3 is 9.47 Å². The fourth-order valence-corrected chi connectivity index (χ4v) is 2.30. The van der Waals surface area contributed by atoms with E-state index in [1.54, 1.807) is 26.4 Å². The van der Waals surface area contributed by atoms with E-state index in [1.165, 1.54) is 0 Å². The molecule has 3 nitrogen and oxygen atoms in total. The van der Waals surface area contributed by atoms with Crippen LogP contribution in [-0.4, -0.2) is 20.0 Å². The number of carbonyl (C=O) groups excluding carboxylic acids is 1. The second-order valence-electron chi connectivity index (χ2n) is 5.10. The molecule has 0 aromatic heterocycles. The summed E-state index contributed by atoms with van der Waals surface area (Å²) in [5.74, 6) is 1.24. The number of aryl methyl sites for hydroxylation is 2. The maximum Gasteiger partial charge on any atom is 0.186 e. The van der Waals surface area contributed by atoms with Crippen molar-refractivity contribution in [3.05, 3.63) is 64.7 Å². The second-order valence-corrected chi connectivity index (χ2v) is 5.10. The van der Waals surface area contributed by atoms with Crippen molar-refractivity contribution in [2.75, 3.05) is 14.2 Å². The summed E-state index contributed by atoms with van der Waals surface area (Å²) in [5.41, 5.74) is 3.57. The average Bonchev–Trinajstić information content (AvgIpc) is 2.54. The van der Waals surface area contributed by atoms with Gasteiger partial charge in [-0.2, -0.15) is 0 Å². The van der Waals surface area contributed by atoms with Crippen LogP contribution in [-0.2, 0) is 0 Å². The highest BCUT2D eigenvalue weighted by atomic mass is 16.5. The highest BCUT2D eigenvalue weighted by Crippen LogP contribution is 2.31. The minimum atomic E-state index is -0.0222. The summed E-state index contributed by atoms with van der Waals surface area (Å²) < 4.78 is 10.6. The van der Waals surface area contributed by atoms with Crippen LogP contribution in [0.1, 0.15) is 27.0 Å². The van der Waals surface area contributed by atoms with Crippen LogP contribution in [0.15, 0.2) is 42.5 Å². The summed E-state index contributed by atoms with van der Waals surface area (Å²) >= 11 is 0. The summed E-state index contributed by atoms with van der Waals surface area (Å²) in [7, 11) is 3.17. The molecular weight excluding hydrogens is 276 g/mol. The zero-order valence-electron chi connectivity index (χ0n) is 13.3. The van der Waals surface area contributed by atoms with Crippen molar-refractivity contribution in [2.24, 2.45) is 0 Å². The van der Waals surface area contributed by atoms with Crippen LogP contribution in [0.4, 0.5) is 0 Å². The smallest absolute Gasteiger partial charge is 0.186 e. The summed E-state index contributed by atoms with van der Waals surface area (Å²) in [6.07, 6.45) is 3.32. The fraction of sp³-hybridized carbons (Fsp3) is 0.211. The zero-order chi connectivity index (χ0) is 16.1. The summed E-state index contributed by atoms with van der Waals surface area (Å²) in [6, 6.07) is 11.4. The number of hydrogen-bond donors (Lipinski definition) is 0. The van der Waals surface area contributed by atoms with Crippen LogP contribution >= 0.6 is 0 Å². The van der Waals surface area contributed by atoms with E-state index in [4.69, 9.17) is 9.47 Å². The third-order valence-corrected chi connectivity index (χ3v) is 3.51. The highest BCUT2D eigenvalue weighted by molar-refractivity contribution is 6.08. The number of carbonyl (C=O) groups is 1. The van der Waals surface area contributed by atoms with Crippen molar-refractivity contribution >= 4 is 11.9 Å². The molecule has 0 atom stereocenters. The first-order valence-electron chi connectivity index (χ1n) is 7.07. The number of methoxy groups -OCH3 is 2. The Morgan fingerprint density at radius 3 is 2.50 bits per heavy atom. The van der Waals surface area contributed by atoms with Crippen molar-refractivity contribution in [1.82, 2.24) is 0 Å². The van der Waals surface area contributed by atoms with Crippen molar-refractivity contribution in [1.29, 1.82) is 0 Å². The predicted molar refractivity (Wildman–Crippen MR) is 88.8 cm³/mol. The number of benzene rings is 2. The molecular formula is C19H20O3. The molecule has 0 saturated heterocycles. The van der Waals surface area contributed by atoms with E-state index >= 15 is 0 Å². The van der Waals surface area contributed by atoms with Gasteiger partial charge in [0.15, 0.2) is 17.3 Å². The van der Waals surface area contributed by atoms with Crippen LogP contribution in [0.5, 0.6) is 11.5 Å². The highest BCUT2D eigenvalue weighted by Gasteiger charge is 2.09. The van der Waals surface area contributed by atoms with Gasteiger partial charge >= 0.3 is 0 Å². The molecule has 0 heterocycles. The molecule has 0 N–H and O–H groups in total. The molecule has 2 aromatic carbocycles. The average molecular weight is 296 g/mol. The van der Waals surface area contributed by atoms with E-state index in [9.17, 15) is 4.79 Å². The Kier molecular flexibility index (Phi) is 4.99. The molecule has 0 aliphatic carbocycles. The lowest BCUT2D eigenvalue weighted by molar-refractivity contribution is 0.104. The minimum Gasteiger partial charge on any atom is -0.493 e. The topological polar surface area (TPSA) is 35.5 Å². The Balaban J connectivity index is 2.32. The number of ketones is 1. The van der Waals surface area contributed by atoms with Gasteiger partial charge in [-0.1, -0.05) is 29.8 Å². The van der Waals surface area contributed by atoms with Crippen molar-refractivity contribution in [3.8, 4) is 11.5 Å². The molecule has 0 bridgehead atoms. The molecule has 0 saturated carbocycles. The van der Waals surface area contributed by atoms with Crippen LogP contribution in [0.3, 0.4) is 0 Å². The molecule has 114 valence electrons. The molecule has 0 amide bonds. The van der Waals surface area contributed by atoms with Crippen LogP contribution in [0, 0.1) is 13.8 Å². The van der Waals surface area contributed by atoms with Gasteiger partial charge in [-0.05, 0) is 43.7 Å². The van der Waals surface area contributed by atoms with Crippen molar-refractivity contribution < 1.29 is 14.3 Å². The Bertz CT molecular complexity index is 715. The number of rotatable bonds is 5. The first kappa shape index (κ1) is 15.8. The lowest BCUT2D eigenvalue weighted by atomic mass is 10.0. The van der Waals surface area contributed by atoms with E-state index < -0.39 is 0 Å². The van der Waals surface area contributed by atoms with Gasteiger partial charge in [0.2, 0.25) is 0 Å². The van der Waals surface area contributed by atoms with Gasteiger partial charge in [-0.3, -0.25) is 4.79 Å². The number of allylic oxidation sites excluding steroid dienone is 1. The standard InChI is InChI=1S/C19H20O3/c1-13-8-9-14(2)16(12-13)17(20)11-10-15-6-5-7-18(21-3)19(15)22-4/h5-12H,1-4H3. The van der Waals surface area contributed by atoms with E-state index in [0.29, 0.717) is 11.5 Å². The molecule has 0 aliphatic rings. The van der Waals surface area contributed by atoms with E-state index in [-0.39, 0.29) is 5.78 Å². The Morgan fingerprint density at radius 1 is 1.05 bits per heavy atom. The Hall–Kier alpha value is -2.55. The van der Waals surface area contributed by atoms with Gasteiger partial charge in [0.05, 0.1) is 14.2 Å². The molecule has 0 unspecified atom stereocenters. The Labute approximate surface area is 131 Å². The Morgan fingerprint density at radius 2 is 1.82 bits per heavy atom. The van der Waals surface area contributed by atoms with Gasteiger partial charge in [-0.25, -0.2) is 0 Å². The molecule has 0 fully saturated rings. The maximum absolute atomic E-state index is 12.4. The van der Waals surface area contributed by atoms with Gasteiger partial charge in [0.1, 0.15) is 0 Å². The zero-order valence-corrected chi connectivity index (χ0v) is 13.3. The first-order chi connectivity index (χ1) is 10.6. The van der Waals surface area contributed by atoms with Gasteiger partial charge in [-0.15, -0.1) is 0 Å². The summed E-state index contributed by atoms with van der Waals surface area (Å²) in [6.45, 7) is 3.91. The predicted octanol–water partition coefficient (Wildman–Crippen LogP) is 4.22. The lowest BCUT2D eigenvalue weighted by Crippen LogP contribution is -1.98. The lowest BCUT2D eigenvalue weighted by Gasteiger charge is -2.09. The number of para-hydroxylation sites is 1. The monoisotopic (exact) mass is 296 g/mol. The van der Waals surface area contributed by atoms with Crippen LogP contribution in [0.25, 0.3) is 6.08 Å². The quantitative estimate of drug-likeness (QED) is 0.612. The van der Waals surface area contributed by atoms with E-state index in [1.807, 2.05) is 50.2 Å². The number of ether oxygens (including phenoxy) is 2. The SMILES string of the molecule is COc1cccc(C=CC(=O)c2cc(C)ccc2C)c1OC. The van der Waals surface area contributed by atoms with E-state index in [2.05, 4.69) is 0 Å². The van der Waals surface area contributed by atoms with Crippen LogP contribution < -0.4 is 9.47 Å². The summed E-state index contributed by atoms with van der Waals surface area (Å²) in [5, 5.41) is 0. The summed E-state index contributed by atoms with van der Waals surface area (Å²) in [4.78, 5) is 12.4. The maximum atomic E-state index is 12.4. The van der Waals surface area contributed by atoms with Gasteiger partial charge in [0, 0.05) is 11.1 Å². The molecule has 3 heteroatoms. The molecule has 0 radical (unpaired) electrons. The third kappa shape index (κ3) is 3.37. The van der Waals surface area contributed by atoms with E-state index in [0.717, 1.165) is 22.3 Å². The molecule has 0 aliphatic heterocycles. The van der Waals surface area contributed by atoms with Crippen molar-refractivity contribution in [2.45, 2.75) is 13.8 Å². The first-order valence-corrected chi connectivity index (χ1v) is 7.07. The molecule has 2 aromatic rings. The largest absolute Gasteiger partial charge is 0.493 e. The normalized spacial score (nSPS) is 10.7. The fourth-order valence-electron chi connectivity index (χ4n) is 2.30. The molecule has 2 rings (SSSR count). The minimum absolute atomic E-state index is 0.0222. The van der Waals surface area contributed by atoms with Crippen LogP contribution in [0.2, 0.25) is 0 Å². The second kappa shape index (κ2) is 6.94.